The van der Waals surface area contributed by atoms with Crippen molar-refractivity contribution in [2.45, 2.75) is 37.5 Å². The quantitative estimate of drug-likeness (QED) is 0.584. The molecule has 10 nitrogen and oxygen atoms in total. The van der Waals surface area contributed by atoms with Gasteiger partial charge in [0.1, 0.15) is 11.7 Å². The van der Waals surface area contributed by atoms with Gasteiger partial charge < -0.3 is 9.47 Å². The fourth-order valence-corrected chi connectivity index (χ4v) is 4.73. The van der Waals surface area contributed by atoms with E-state index in [2.05, 4.69) is 4.98 Å². The lowest BCUT2D eigenvalue weighted by atomic mass is 10.00. The number of likely N-dealkylation sites (N-methyl/N-ethyl adjacent to an activating group) is 1. The van der Waals surface area contributed by atoms with Crippen LogP contribution < -0.4 is 11.2 Å². The van der Waals surface area contributed by atoms with Crippen molar-refractivity contribution >= 4 is 10.1 Å². The van der Waals surface area contributed by atoms with E-state index in [-0.39, 0.29) is 13.2 Å². The van der Waals surface area contributed by atoms with Gasteiger partial charge in [0.05, 0.1) is 25.5 Å². The van der Waals surface area contributed by atoms with E-state index in [1.54, 1.807) is 6.92 Å². The van der Waals surface area contributed by atoms with Crippen molar-refractivity contribution < 1.29 is 22.1 Å². The first-order valence-corrected chi connectivity index (χ1v) is 11.6. The molecule has 1 aromatic heterocycles. The fourth-order valence-electron chi connectivity index (χ4n) is 4.32. The Morgan fingerprint density at radius 2 is 1.97 bits per heavy atom. The van der Waals surface area contributed by atoms with Gasteiger partial charge in [0.15, 0.2) is 6.23 Å². The second-order valence-electron chi connectivity index (χ2n) is 8.14. The highest BCUT2D eigenvalue weighted by Gasteiger charge is 2.64. The third-order valence-corrected chi connectivity index (χ3v) is 6.26. The van der Waals surface area contributed by atoms with Crippen molar-refractivity contribution in [3.05, 3.63) is 68.5 Å². The molecule has 31 heavy (non-hydrogen) atoms. The van der Waals surface area contributed by atoms with Crippen LogP contribution in [0.4, 0.5) is 0 Å². The molecule has 0 aliphatic carbocycles. The second kappa shape index (κ2) is 7.99. The first-order chi connectivity index (χ1) is 14.6. The maximum Gasteiger partial charge on any atom is 0.330 e. The molecule has 1 N–H and O–H groups in total. The minimum absolute atomic E-state index is 0.250. The average molecular weight is 452 g/mol. The largest absolute Gasteiger partial charge is 0.369 e. The van der Waals surface area contributed by atoms with Crippen LogP contribution in [0, 0.1) is 6.92 Å². The van der Waals surface area contributed by atoms with Gasteiger partial charge >= 0.3 is 5.69 Å². The highest BCUT2D eigenvalue weighted by molar-refractivity contribution is 7.85. The predicted octanol–water partition coefficient (Wildman–Crippen LogP) is -0.0118. The van der Waals surface area contributed by atoms with E-state index in [1.165, 1.54) is 10.8 Å². The van der Waals surface area contributed by atoms with Gasteiger partial charge in [0.25, 0.3) is 15.7 Å². The van der Waals surface area contributed by atoms with E-state index in [0.717, 1.165) is 11.8 Å². The van der Waals surface area contributed by atoms with E-state index < -0.39 is 45.3 Å². The molecule has 2 saturated heterocycles. The van der Waals surface area contributed by atoms with Gasteiger partial charge in [-0.2, -0.15) is 8.42 Å². The summed E-state index contributed by atoms with van der Waals surface area (Å²) in [5.74, 6) is 0. The third-order valence-electron chi connectivity index (χ3n) is 5.71. The fraction of sp³-hybridized carbons (Fsp3) is 0.500. The summed E-state index contributed by atoms with van der Waals surface area (Å²) >= 11 is 0. The van der Waals surface area contributed by atoms with Gasteiger partial charge in [-0.25, -0.2) is 4.79 Å². The number of aryl methyl sites for hydroxylation is 1. The Morgan fingerprint density at radius 3 is 2.65 bits per heavy atom. The van der Waals surface area contributed by atoms with E-state index in [4.69, 9.17) is 13.7 Å². The smallest absolute Gasteiger partial charge is 0.330 e. The first-order valence-electron chi connectivity index (χ1n) is 9.80. The summed E-state index contributed by atoms with van der Waals surface area (Å²) in [4.78, 5) is 28.6. The van der Waals surface area contributed by atoms with Crippen LogP contribution in [0.5, 0.6) is 0 Å². The molecule has 0 radical (unpaired) electrons. The number of aromatic amines is 1. The minimum atomic E-state index is -3.72. The Kier molecular flexibility index (Phi) is 5.64. The molecule has 0 unspecified atom stereocenters. The van der Waals surface area contributed by atoms with Gasteiger partial charge in [0, 0.05) is 18.3 Å². The highest BCUT2D eigenvalue weighted by atomic mass is 32.2. The zero-order valence-corrected chi connectivity index (χ0v) is 18.3. The molecule has 0 spiro atoms. The van der Waals surface area contributed by atoms with Crippen LogP contribution in [0.3, 0.4) is 0 Å². The Labute approximate surface area is 179 Å². The van der Waals surface area contributed by atoms with E-state index in [1.807, 2.05) is 42.3 Å². The van der Waals surface area contributed by atoms with E-state index in [9.17, 15) is 18.0 Å². The zero-order chi connectivity index (χ0) is 22.4. The van der Waals surface area contributed by atoms with Crippen LogP contribution in [-0.4, -0.2) is 67.1 Å². The maximum atomic E-state index is 12.5. The number of nitrogens with one attached hydrogen (secondary N) is 1. The predicted molar refractivity (Wildman–Crippen MR) is 111 cm³/mol. The van der Waals surface area contributed by atoms with E-state index in [0.29, 0.717) is 12.1 Å². The lowest BCUT2D eigenvalue weighted by Gasteiger charge is -2.35. The summed E-state index contributed by atoms with van der Waals surface area (Å²) in [5.41, 5.74) is -0.876. The van der Waals surface area contributed by atoms with E-state index >= 15 is 0 Å². The third kappa shape index (κ3) is 4.23. The molecule has 1 aromatic carbocycles. The SMILES string of the molecule is Cc1cn([C@@H]2O[C@@]3(COS(C)(=O)=O)CN(C)[C@@H]2[C@@H]3OCc2ccccc2)c(=O)[nH]c1=O. The molecule has 0 saturated carbocycles. The summed E-state index contributed by atoms with van der Waals surface area (Å²) in [5, 5.41) is 0. The van der Waals surface area contributed by atoms with Gasteiger partial charge in [-0.3, -0.25) is 23.4 Å². The molecule has 2 aromatic rings. The lowest BCUT2D eigenvalue weighted by molar-refractivity contribution is -0.153. The number of morpholine rings is 1. The first kappa shape index (κ1) is 21.9. The van der Waals surface area contributed by atoms with Crippen LogP contribution >= 0.6 is 0 Å². The summed E-state index contributed by atoms with van der Waals surface area (Å²) in [6.07, 6.45) is 1.07. The van der Waals surface area contributed by atoms with Gasteiger partial charge in [0.2, 0.25) is 0 Å². The lowest BCUT2D eigenvalue weighted by Crippen LogP contribution is -2.49. The number of benzene rings is 1. The van der Waals surface area contributed by atoms with Crippen molar-refractivity contribution in [3.8, 4) is 0 Å². The molecule has 2 aliphatic rings. The Hall–Kier alpha value is -2.31. The number of H-pyrrole nitrogens is 1. The summed E-state index contributed by atoms with van der Waals surface area (Å²) < 4.78 is 42.3. The number of ether oxygens (including phenoxy) is 2. The van der Waals surface area contributed by atoms with Crippen LogP contribution in [0.1, 0.15) is 17.4 Å². The number of hydrogen-bond acceptors (Lipinski definition) is 8. The number of aromatic nitrogens is 2. The van der Waals surface area contributed by atoms with Crippen LogP contribution in [0.2, 0.25) is 0 Å². The van der Waals surface area contributed by atoms with Crippen molar-refractivity contribution in [2.24, 2.45) is 0 Å². The summed E-state index contributed by atoms with van der Waals surface area (Å²) in [6.45, 7) is 1.99. The normalized spacial score (nSPS) is 28.3. The summed E-state index contributed by atoms with van der Waals surface area (Å²) in [7, 11) is -1.87. The molecule has 0 amide bonds. The molecule has 4 atom stereocenters. The van der Waals surface area contributed by atoms with Crippen LogP contribution in [0.15, 0.2) is 46.1 Å². The second-order valence-corrected chi connectivity index (χ2v) is 9.79. The van der Waals surface area contributed by atoms with Crippen LogP contribution in [0.25, 0.3) is 0 Å². The van der Waals surface area contributed by atoms with Crippen molar-refractivity contribution in [1.29, 1.82) is 0 Å². The van der Waals surface area contributed by atoms with Gasteiger partial charge in [-0.1, -0.05) is 30.3 Å². The minimum Gasteiger partial charge on any atom is -0.369 e. The van der Waals surface area contributed by atoms with Crippen molar-refractivity contribution in [2.75, 3.05) is 26.5 Å². The molecule has 11 heteroatoms. The number of nitrogens with zero attached hydrogens (tertiary/aromatic N) is 2. The van der Waals surface area contributed by atoms with Crippen LogP contribution in [-0.2, 0) is 30.4 Å². The Morgan fingerprint density at radius 1 is 1.26 bits per heavy atom. The van der Waals surface area contributed by atoms with Gasteiger partial charge in [-0.05, 0) is 19.5 Å². The molecule has 4 rings (SSSR count). The molecular formula is C20H25N3O7S. The average Bonchev–Trinajstić information content (AvgIpc) is 3.16. The van der Waals surface area contributed by atoms with Crippen molar-refractivity contribution in [3.63, 3.8) is 0 Å². The monoisotopic (exact) mass is 451 g/mol. The molecule has 3 heterocycles. The summed E-state index contributed by atoms with van der Waals surface area (Å²) in [6, 6.07) is 9.16. The molecule has 168 valence electrons. The topological polar surface area (TPSA) is 120 Å². The maximum absolute atomic E-state index is 12.5. The molecule has 2 bridgehead atoms. The number of rotatable bonds is 7. The van der Waals surface area contributed by atoms with Crippen molar-refractivity contribution in [1.82, 2.24) is 14.5 Å². The number of fused-ring (bicyclic) bond motifs is 2. The molecule has 2 aliphatic heterocycles. The zero-order valence-electron chi connectivity index (χ0n) is 17.5. The standard InChI is InChI=1S/C20H25N3O7S/c1-13-9-23(19(25)21-17(13)24)18-15-16(28-10-14-7-5-4-6-8-14)20(30-18,11-22(15)2)12-29-31(3,26)27/h4-9,15-16,18H,10-12H2,1-3H3,(H,21,24,25)/t15-,16+,18-,20-/m1/s1. The molecule has 2 fully saturated rings. The number of likely N-dealkylation sites (tertiary alicyclic amines) is 1. The highest BCUT2D eigenvalue weighted by Crippen LogP contribution is 2.47. The Bertz CT molecular complexity index is 1180. The Balaban J connectivity index is 1.70. The van der Waals surface area contributed by atoms with Gasteiger partial charge in [-0.15, -0.1) is 0 Å². The molecular weight excluding hydrogens is 426 g/mol. The number of hydrogen-bond donors (Lipinski definition) is 1.